The van der Waals surface area contributed by atoms with Crippen LogP contribution in [0.25, 0.3) is 0 Å². The van der Waals surface area contributed by atoms with E-state index in [-0.39, 0.29) is 26.1 Å². The summed E-state index contributed by atoms with van der Waals surface area (Å²) in [5.74, 6) is 0.926. The molecule has 0 N–H and O–H groups in total. The lowest BCUT2D eigenvalue weighted by molar-refractivity contribution is -0.135. The van der Waals surface area contributed by atoms with Crippen molar-refractivity contribution in [1.82, 2.24) is 0 Å². The van der Waals surface area contributed by atoms with Gasteiger partial charge in [-0.2, -0.15) is 0 Å². The van der Waals surface area contributed by atoms with Crippen LogP contribution in [0, 0.1) is 0 Å². The zero-order valence-corrected chi connectivity index (χ0v) is 35.4. The molecule has 0 radical (unpaired) electrons. The Morgan fingerprint density at radius 3 is 1.27 bits per heavy atom. The van der Waals surface area contributed by atoms with Crippen LogP contribution in [0.4, 0.5) is 0 Å². The van der Waals surface area contributed by atoms with Crippen molar-refractivity contribution in [3.63, 3.8) is 0 Å². The van der Waals surface area contributed by atoms with Crippen molar-refractivity contribution in [2.45, 2.75) is 44.9 Å². The van der Waals surface area contributed by atoms with Gasteiger partial charge in [0.25, 0.3) is 0 Å². The Kier molecular flexibility index (Phi) is 15.1. The lowest BCUT2D eigenvalue weighted by Crippen LogP contribution is -2.20. The molecule has 0 heterocycles. The lowest BCUT2D eigenvalue weighted by atomic mass is 9.78. The molecule has 0 unspecified atom stereocenters. The van der Waals surface area contributed by atoms with E-state index in [4.69, 9.17) is 65.4 Å². The number of ether oxygens (including phenoxy) is 4. The van der Waals surface area contributed by atoms with Crippen molar-refractivity contribution in [3.8, 4) is 23.0 Å². The zero-order valence-electron chi connectivity index (χ0n) is 26.0. The highest BCUT2D eigenvalue weighted by atomic mass is 79.9. The van der Waals surface area contributed by atoms with Gasteiger partial charge in [-0.15, -0.1) is 0 Å². The molecule has 0 aliphatic heterocycles. The number of hydrogen-bond acceptors (Lipinski definition) is 6. The van der Waals surface area contributed by atoms with Gasteiger partial charge in [0.05, 0.1) is 41.1 Å². The van der Waals surface area contributed by atoms with Crippen LogP contribution < -0.4 is 18.9 Å². The maximum atomic E-state index is 12.7. The number of hydrogen-bond donors (Lipinski definition) is 0. The van der Waals surface area contributed by atoms with Crippen LogP contribution in [-0.2, 0) is 15.0 Å². The molecule has 0 amide bonds. The molecule has 4 rings (SSSR count). The summed E-state index contributed by atoms with van der Waals surface area (Å²) in [5.41, 5.74) is 1.36. The molecule has 4 aromatic carbocycles. The molecular weight excluding hydrogens is 978 g/mol. The predicted molar refractivity (Wildman–Crippen MR) is 209 cm³/mol. The van der Waals surface area contributed by atoms with Gasteiger partial charge in [0.1, 0.15) is 11.5 Å². The number of esters is 2. The molecule has 0 atom stereocenters. The third-order valence-corrected chi connectivity index (χ3v) is 10.6. The molecule has 0 aromatic heterocycles. The highest BCUT2D eigenvalue weighted by molar-refractivity contribution is 9.11. The summed E-state index contributed by atoms with van der Waals surface area (Å²) in [7, 11) is 0. The van der Waals surface area contributed by atoms with Crippen LogP contribution in [0.15, 0.2) is 78.6 Å². The van der Waals surface area contributed by atoms with E-state index in [2.05, 4.69) is 77.6 Å². The fraction of sp³-hybridized carbons (Fsp3) is 0.257. The maximum Gasteiger partial charge on any atom is 0.311 e. The van der Waals surface area contributed by atoms with Crippen LogP contribution >= 0.6 is 110 Å². The molecular formula is C35H28Br4Cl4O6. The monoisotopic (exact) mass is 1000 g/mol. The molecule has 0 aliphatic carbocycles. The molecule has 6 nitrogen and oxygen atoms in total. The van der Waals surface area contributed by atoms with Gasteiger partial charge in [-0.1, -0.05) is 60.3 Å². The topological polar surface area (TPSA) is 71.1 Å². The van der Waals surface area contributed by atoms with Gasteiger partial charge >= 0.3 is 11.9 Å². The van der Waals surface area contributed by atoms with E-state index in [0.29, 0.717) is 73.8 Å². The molecule has 0 bridgehead atoms. The Morgan fingerprint density at radius 2 is 0.939 bits per heavy atom. The number of benzene rings is 4. The number of carbonyl (C=O) groups excluding carboxylic acids is 2. The Bertz CT molecular complexity index is 1680. The van der Waals surface area contributed by atoms with Crippen molar-refractivity contribution >= 4 is 122 Å². The van der Waals surface area contributed by atoms with Crippen LogP contribution in [0.2, 0.25) is 20.1 Å². The second-order valence-corrected chi connectivity index (χ2v) is 16.3. The smallest absolute Gasteiger partial charge is 0.311 e. The van der Waals surface area contributed by atoms with E-state index < -0.39 is 17.4 Å². The molecule has 0 aliphatic rings. The first kappa shape index (κ1) is 40.3. The van der Waals surface area contributed by atoms with E-state index in [9.17, 15) is 9.59 Å². The van der Waals surface area contributed by atoms with Gasteiger partial charge in [0.2, 0.25) is 0 Å². The standard InChI is InChI=1S/C35H28Br4Cl4O6/c1-35(2,19-13-23(36)33(24(37)14-19)48-31(44)5-3-11-46-29-9-7-21(40)17-27(29)42)20-15-25(38)34(26(39)16-20)49-32(45)6-4-12-47-30-10-8-22(41)18-28(30)43/h7-10,13-18H,3-6,11-12H2,1-2H3. The maximum absolute atomic E-state index is 12.7. The van der Waals surface area contributed by atoms with Crippen molar-refractivity contribution in [2.24, 2.45) is 0 Å². The summed E-state index contributed by atoms with van der Waals surface area (Å²) >= 11 is 38.4. The molecule has 49 heavy (non-hydrogen) atoms. The van der Waals surface area contributed by atoms with Gasteiger partial charge in [-0.25, -0.2) is 0 Å². The van der Waals surface area contributed by atoms with Crippen molar-refractivity contribution in [2.75, 3.05) is 13.2 Å². The highest BCUT2D eigenvalue weighted by Gasteiger charge is 2.28. The van der Waals surface area contributed by atoms with Crippen molar-refractivity contribution in [1.29, 1.82) is 0 Å². The van der Waals surface area contributed by atoms with E-state index in [1.165, 1.54) is 0 Å². The largest absolute Gasteiger partial charge is 0.492 e. The summed E-state index contributed by atoms with van der Waals surface area (Å²) in [4.78, 5) is 25.3. The quantitative estimate of drug-likeness (QED) is 0.0712. The zero-order chi connectivity index (χ0) is 35.9. The van der Waals surface area contributed by atoms with Crippen molar-refractivity contribution in [3.05, 3.63) is 110 Å². The van der Waals surface area contributed by atoms with Gasteiger partial charge < -0.3 is 18.9 Å². The van der Waals surface area contributed by atoms with E-state index in [1.807, 2.05) is 24.3 Å². The second kappa shape index (κ2) is 18.3. The average Bonchev–Trinajstić information content (AvgIpc) is 3.02. The molecule has 4 aromatic rings. The van der Waals surface area contributed by atoms with Gasteiger partial charge in [-0.3, -0.25) is 9.59 Å². The summed E-state index contributed by atoms with van der Waals surface area (Å²) in [6.45, 7) is 4.69. The Morgan fingerprint density at radius 1 is 0.592 bits per heavy atom. The summed E-state index contributed by atoms with van der Waals surface area (Å²) in [6.07, 6.45) is 1.15. The fourth-order valence-electron chi connectivity index (χ4n) is 4.51. The van der Waals surface area contributed by atoms with Gasteiger partial charge in [-0.05, 0) is 148 Å². The van der Waals surface area contributed by atoms with E-state index in [0.717, 1.165) is 11.1 Å². The normalized spacial score (nSPS) is 11.3. The van der Waals surface area contributed by atoms with Crippen LogP contribution in [0.1, 0.15) is 50.7 Å². The van der Waals surface area contributed by atoms with Crippen LogP contribution in [-0.4, -0.2) is 25.2 Å². The van der Waals surface area contributed by atoms with E-state index >= 15 is 0 Å². The molecule has 0 fully saturated rings. The van der Waals surface area contributed by atoms with Crippen LogP contribution in [0.5, 0.6) is 23.0 Å². The summed E-state index contributed by atoms with van der Waals surface area (Å²) in [5, 5.41) is 1.83. The summed E-state index contributed by atoms with van der Waals surface area (Å²) < 4.78 is 25.1. The Labute approximate surface area is 338 Å². The highest BCUT2D eigenvalue weighted by Crippen LogP contribution is 2.44. The molecule has 14 heteroatoms. The van der Waals surface area contributed by atoms with Gasteiger partial charge in [0, 0.05) is 28.3 Å². The Balaban J connectivity index is 1.34. The molecule has 0 saturated heterocycles. The predicted octanol–water partition coefficient (Wildman–Crippen LogP) is 13.2. The molecule has 260 valence electrons. The third kappa shape index (κ3) is 11.2. The molecule has 0 saturated carbocycles. The average molecular weight is 1010 g/mol. The van der Waals surface area contributed by atoms with Crippen LogP contribution in [0.3, 0.4) is 0 Å². The number of carbonyl (C=O) groups is 2. The minimum Gasteiger partial charge on any atom is -0.492 e. The first-order valence-electron chi connectivity index (χ1n) is 14.7. The molecule has 0 spiro atoms. The van der Waals surface area contributed by atoms with Gasteiger partial charge in [0.15, 0.2) is 11.5 Å². The minimum absolute atomic E-state index is 0.141. The van der Waals surface area contributed by atoms with Crippen molar-refractivity contribution < 1.29 is 28.5 Å². The number of rotatable bonds is 14. The Hall–Kier alpha value is -1.50. The number of halogens is 8. The lowest BCUT2D eigenvalue weighted by Gasteiger charge is -2.28. The summed E-state index contributed by atoms with van der Waals surface area (Å²) in [6, 6.07) is 17.6. The minimum atomic E-state index is -0.512. The first-order chi connectivity index (χ1) is 23.1. The third-order valence-electron chi connectivity index (χ3n) is 7.23. The first-order valence-corrected chi connectivity index (χ1v) is 19.4. The SMILES string of the molecule is CC(C)(c1cc(Br)c(OC(=O)CCCOc2ccc(Cl)cc2Cl)c(Br)c1)c1cc(Br)c(OC(=O)CCCOc2ccc(Cl)cc2Cl)c(Br)c1. The fourth-order valence-corrected chi connectivity index (χ4v) is 8.14. The van der Waals surface area contributed by atoms with E-state index in [1.54, 1.807) is 36.4 Å². The second-order valence-electron chi connectivity index (χ2n) is 11.2.